The third kappa shape index (κ3) is 4.84. The van der Waals surface area contributed by atoms with E-state index in [2.05, 4.69) is 10.4 Å². The second kappa shape index (κ2) is 9.97. The van der Waals surface area contributed by atoms with Crippen LogP contribution in [0.25, 0.3) is 11.1 Å². The number of esters is 2. The van der Waals surface area contributed by atoms with Crippen LogP contribution in [0.1, 0.15) is 38.2 Å². The van der Waals surface area contributed by atoms with E-state index in [0.717, 1.165) is 10.4 Å². The fraction of sp³-hybridized carbons (Fsp3) is 0.273. The second-order valence-electron chi connectivity index (χ2n) is 6.82. The van der Waals surface area contributed by atoms with E-state index in [0.29, 0.717) is 16.3 Å². The summed E-state index contributed by atoms with van der Waals surface area (Å²) in [7, 11) is 1.60. The Balaban J connectivity index is 1.81. The Morgan fingerprint density at radius 2 is 1.75 bits per heavy atom. The van der Waals surface area contributed by atoms with Crippen molar-refractivity contribution in [1.82, 2.24) is 9.78 Å². The first kappa shape index (κ1) is 23.5. The second-order valence-corrected chi connectivity index (χ2v) is 8.41. The van der Waals surface area contributed by atoms with Crippen molar-refractivity contribution in [2.75, 3.05) is 18.5 Å². The fourth-order valence-electron chi connectivity index (χ4n) is 3.21. The molecule has 8 nitrogen and oxygen atoms in total. The lowest BCUT2D eigenvalue weighted by atomic mass is 10.0. The van der Waals surface area contributed by atoms with Gasteiger partial charge in [0, 0.05) is 17.5 Å². The molecule has 0 saturated carbocycles. The van der Waals surface area contributed by atoms with Crippen LogP contribution in [0.2, 0.25) is 5.15 Å². The molecule has 0 aliphatic heterocycles. The van der Waals surface area contributed by atoms with Crippen molar-refractivity contribution in [3.63, 3.8) is 0 Å². The molecule has 0 aliphatic carbocycles. The average molecular weight is 476 g/mol. The molecule has 2 aromatic heterocycles. The van der Waals surface area contributed by atoms with Crippen LogP contribution in [0.15, 0.2) is 30.3 Å². The minimum atomic E-state index is -0.756. The van der Waals surface area contributed by atoms with Gasteiger partial charge in [0.2, 0.25) is 0 Å². The molecule has 0 saturated heterocycles. The number of amides is 1. The summed E-state index contributed by atoms with van der Waals surface area (Å²) < 4.78 is 11.7. The lowest BCUT2D eigenvalue weighted by molar-refractivity contribution is -0.119. The Labute approximate surface area is 194 Å². The Bertz CT molecular complexity index is 1170. The minimum Gasteiger partial charge on any atom is -0.462 e. The number of thiophene rings is 1. The summed E-state index contributed by atoms with van der Waals surface area (Å²) in [5.41, 5.74) is 2.30. The van der Waals surface area contributed by atoms with Gasteiger partial charge in [-0.05, 0) is 26.3 Å². The van der Waals surface area contributed by atoms with Crippen molar-refractivity contribution >= 4 is 45.8 Å². The molecule has 0 aliphatic rings. The molecule has 3 aromatic rings. The number of anilines is 1. The standard InChI is InChI=1S/C22H22ClN3O5S/c1-5-30-22(29)18-17(14-9-7-6-8-10-14)13(3)32-20(18)24-15(27)11-31-21(28)16-12(2)25-26(4)19(16)23/h6-10H,5,11H2,1-4H3,(H,24,27). The molecule has 32 heavy (non-hydrogen) atoms. The Morgan fingerprint density at radius 3 is 2.34 bits per heavy atom. The number of hydrogen-bond donors (Lipinski definition) is 1. The molecule has 0 bridgehead atoms. The fourth-order valence-corrected chi connectivity index (χ4v) is 4.54. The Kier molecular flexibility index (Phi) is 7.32. The normalized spacial score (nSPS) is 10.7. The summed E-state index contributed by atoms with van der Waals surface area (Å²) in [4.78, 5) is 38.4. The van der Waals surface area contributed by atoms with Gasteiger partial charge < -0.3 is 14.8 Å². The van der Waals surface area contributed by atoms with Gasteiger partial charge in [0.25, 0.3) is 5.91 Å². The number of carbonyl (C=O) groups excluding carboxylic acids is 3. The molecular weight excluding hydrogens is 454 g/mol. The minimum absolute atomic E-state index is 0.104. The lowest BCUT2D eigenvalue weighted by Gasteiger charge is -2.09. The van der Waals surface area contributed by atoms with Gasteiger partial charge in [0.1, 0.15) is 21.3 Å². The van der Waals surface area contributed by atoms with E-state index in [-0.39, 0.29) is 22.9 Å². The van der Waals surface area contributed by atoms with Crippen molar-refractivity contribution in [1.29, 1.82) is 0 Å². The van der Waals surface area contributed by atoms with Crippen molar-refractivity contribution in [3.8, 4) is 11.1 Å². The molecule has 1 N–H and O–H groups in total. The van der Waals surface area contributed by atoms with Crippen LogP contribution >= 0.6 is 22.9 Å². The largest absolute Gasteiger partial charge is 0.462 e. The number of hydrogen-bond acceptors (Lipinski definition) is 7. The predicted octanol–water partition coefficient (Wildman–Crippen LogP) is 4.39. The molecule has 1 amide bonds. The van der Waals surface area contributed by atoms with Gasteiger partial charge in [-0.15, -0.1) is 11.3 Å². The van der Waals surface area contributed by atoms with Crippen LogP contribution in [0.5, 0.6) is 0 Å². The number of nitrogens with zero attached hydrogens (tertiary/aromatic N) is 2. The predicted molar refractivity (Wildman–Crippen MR) is 122 cm³/mol. The van der Waals surface area contributed by atoms with Gasteiger partial charge >= 0.3 is 11.9 Å². The number of aromatic nitrogens is 2. The van der Waals surface area contributed by atoms with E-state index in [9.17, 15) is 14.4 Å². The number of halogens is 1. The molecule has 168 valence electrons. The average Bonchev–Trinajstić information content (AvgIpc) is 3.21. The zero-order valence-electron chi connectivity index (χ0n) is 18.0. The lowest BCUT2D eigenvalue weighted by Crippen LogP contribution is -2.22. The molecule has 10 heteroatoms. The zero-order chi connectivity index (χ0) is 23.4. The third-order valence-corrected chi connectivity index (χ3v) is 6.02. The van der Waals surface area contributed by atoms with Crippen molar-refractivity contribution in [2.24, 2.45) is 7.05 Å². The summed E-state index contributed by atoms with van der Waals surface area (Å²) in [6, 6.07) is 9.37. The monoisotopic (exact) mass is 475 g/mol. The maximum atomic E-state index is 12.7. The van der Waals surface area contributed by atoms with E-state index >= 15 is 0 Å². The number of carbonyl (C=O) groups is 3. The van der Waals surface area contributed by atoms with Gasteiger partial charge in [-0.3, -0.25) is 9.48 Å². The van der Waals surface area contributed by atoms with Gasteiger partial charge in [-0.2, -0.15) is 5.10 Å². The molecule has 0 fully saturated rings. The van der Waals surface area contributed by atoms with Crippen LogP contribution in [0, 0.1) is 13.8 Å². The van der Waals surface area contributed by atoms with E-state index < -0.39 is 24.5 Å². The smallest absolute Gasteiger partial charge is 0.343 e. The molecule has 0 atom stereocenters. The summed E-state index contributed by atoms with van der Waals surface area (Å²) in [6.45, 7) is 4.83. The van der Waals surface area contributed by atoms with Crippen LogP contribution < -0.4 is 5.32 Å². The quantitative estimate of drug-likeness (QED) is 0.509. The first-order valence-electron chi connectivity index (χ1n) is 9.76. The first-order valence-corrected chi connectivity index (χ1v) is 11.0. The Hall–Kier alpha value is -3.17. The van der Waals surface area contributed by atoms with Crippen LogP contribution in [-0.4, -0.2) is 40.8 Å². The number of nitrogens with one attached hydrogen (secondary N) is 1. The Morgan fingerprint density at radius 1 is 1.09 bits per heavy atom. The van der Waals surface area contributed by atoms with E-state index in [1.165, 1.54) is 16.0 Å². The maximum Gasteiger partial charge on any atom is 0.343 e. The molecule has 2 heterocycles. The summed E-state index contributed by atoms with van der Waals surface area (Å²) in [5, 5.41) is 7.17. The molecular formula is C22H22ClN3O5S. The molecule has 3 rings (SSSR count). The van der Waals surface area contributed by atoms with Crippen molar-refractivity contribution < 1.29 is 23.9 Å². The highest BCUT2D eigenvalue weighted by atomic mass is 35.5. The van der Waals surface area contributed by atoms with Crippen LogP contribution in [0.4, 0.5) is 5.00 Å². The summed E-state index contributed by atoms with van der Waals surface area (Å²) in [5.74, 6) is -1.89. The van der Waals surface area contributed by atoms with E-state index in [1.54, 1.807) is 20.9 Å². The number of rotatable bonds is 7. The van der Waals surface area contributed by atoms with Gasteiger partial charge in [0.05, 0.1) is 12.3 Å². The number of ether oxygens (including phenoxy) is 2. The van der Waals surface area contributed by atoms with E-state index in [4.69, 9.17) is 21.1 Å². The van der Waals surface area contributed by atoms with Gasteiger partial charge in [-0.1, -0.05) is 41.9 Å². The van der Waals surface area contributed by atoms with E-state index in [1.807, 2.05) is 37.3 Å². The number of benzene rings is 1. The number of aryl methyl sites for hydroxylation is 3. The van der Waals surface area contributed by atoms with Crippen LogP contribution in [0.3, 0.4) is 0 Å². The molecule has 0 unspecified atom stereocenters. The SMILES string of the molecule is CCOC(=O)c1c(NC(=O)COC(=O)c2c(C)nn(C)c2Cl)sc(C)c1-c1ccccc1. The van der Waals surface area contributed by atoms with Crippen LogP contribution in [-0.2, 0) is 21.3 Å². The first-order chi connectivity index (χ1) is 15.2. The summed E-state index contributed by atoms with van der Waals surface area (Å²) >= 11 is 7.32. The molecule has 0 spiro atoms. The van der Waals surface area contributed by atoms with Crippen molar-refractivity contribution in [2.45, 2.75) is 20.8 Å². The zero-order valence-corrected chi connectivity index (χ0v) is 19.6. The maximum absolute atomic E-state index is 12.7. The molecule has 0 radical (unpaired) electrons. The van der Waals surface area contributed by atoms with Crippen molar-refractivity contribution in [3.05, 3.63) is 57.2 Å². The third-order valence-electron chi connectivity index (χ3n) is 4.57. The highest BCUT2D eigenvalue weighted by Gasteiger charge is 2.26. The van der Waals surface area contributed by atoms with Gasteiger partial charge in [-0.25, -0.2) is 9.59 Å². The summed E-state index contributed by atoms with van der Waals surface area (Å²) in [6.07, 6.45) is 0. The highest BCUT2D eigenvalue weighted by molar-refractivity contribution is 7.17. The van der Waals surface area contributed by atoms with Gasteiger partial charge in [0.15, 0.2) is 6.61 Å². The topological polar surface area (TPSA) is 99.5 Å². The highest BCUT2D eigenvalue weighted by Crippen LogP contribution is 2.40. The molecule has 1 aromatic carbocycles.